The normalized spacial score (nSPS) is 16.4. The van der Waals surface area contributed by atoms with E-state index in [1.54, 1.807) is 80.6 Å². The van der Waals surface area contributed by atoms with Crippen molar-refractivity contribution in [1.29, 1.82) is 0 Å². The van der Waals surface area contributed by atoms with E-state index in [-0.39, 0.29) is 73.8 Å². The highest BCUT2D eigenvalue weighted by Crippen LogP contribution is 2.46. The molecule has 3 aliphatic heterocycles. The van der Waals surface area contributed by atoms with Gasteiger partial charge in [0.15, 0.2) is 5.60 Å². The molecule has 9 rings (SSSR count). The average molecular weight is 1270 g/mol. The quantitative estimate of drug-likeness (QED) is 0.0164. The molecule has 0 bridgehead atoms. The topological polar surface area (TPSA) is 381 Å². The summed E-state index contributed by atoms with van der Waals surface area (Å²) < 4.78 is 22.2. The van der Waals surface area contributed by atoms with Gasteiger partial charge in [-0.05, 0) is 72.9 Å². The van der Waals surface area contributed by atoms with Gasteiger partial charge in [0.25, 0.3) is 17.4 Å². The summed E-state index contributed by atoms with van der Waals surface area (Å²) in [5.74, 6) is -8.61. The number of rotatable bonds is 28. The van der Waals surface area contributed by atoms with E-state index in [9.17, 15) is 67.4 Å². The third-order valence-electron chi connectivity index (χ3n) is 16.4. The van der Waals surface area contributed by atoms with Crippen LogP contribution >= 0.6 is 0 Å². The molecule has 4 atom stereocenters. The fourth-order valence-corrected chi connectivity index (χ4v) is 11.5. The number of hydrogen-bond donors (Lipinski definition) is 10. The van der Waals surface area contributed by atoms with Crippen molar-refractivity contribution in [1.82, 2.24) is 62.3 Å². The van der Waals surface area contributed by atoms with Crippen LogP contribution in [0.4, 0.5) is 4.39 Å². The fraction of sp³-hybridized carbons (Fsp3) is 0.375. The molecule has 0 radical (unpaired) electrons. The maximum Gasteiger partial charge on any atom is 0.343 e. The summed E-state index contributed by atoms with van der Waals surface area (Å²) in [6.07, 6.45) is 4.50. The van der Waals surface area contributed by atoms with Crippen molar-refractivity contribution in [2.75, 3.05) is 45.8 Å². The fourth-order valence-electron chi connectivity index (χ4n) is 11.5. The van der Waals surface area contributed by atoms with E-state index >= 15 is 4.39 Å². The maximum absolute atomic E-state index is 15.5. The first-order chi connectivity index (χ1) is 44.1. The summed E-state index contributed by atoms with van der Waals surface area (Å²) in [6.45, 7) is -0.337. The van der Waals surface area contributed by atoms with Crippen molar-refractivity contribution in [3.8, 4) is 11.4 Å². The maximum atomic E-state index is 15.5. The Morgan fingerprint density at radius 3 is 1.76 bits per heavy atom. The lowest BCUT2D eigenvalue weighted by molar-refractivity contribution is -0.172. The first kappa shape index (κ1) is 65.9. The number of aromatic nitrogens is 2. The zero-order valence-corrected chi connectivity index (χ0v) is 50.4. The van der Waals surface area contributed by atoms with Gasteiger partial charge in [-0.25, -0.2) is 14.2 Å². The summed E-state index contributed by atoms with van der Waals surface area (Å²) in [6, 6.07) is 16.9. The highest BCUT2D eigenvalue weighted by Gasteiger charge is 2.46. The number of aryl methyl sites for hydroxylation is 1. The number of hydrogen-bond acceptors (Lipinski definition) is 16. The minimum absolute atomic E-state index is 0.00432. The largest absolute Gasteiger partial charge is 0.458 e. The first-order valence-electron chi connectivity index (χ1n) is 30.1. The molecule has 1 aliphatic carbocycles. The number of nitrogens with zero attached hydrogens (tertiary/aromatic N) is 3. The Morgan fingerprint density at radius 1 is 0.663 bits per heavy atom. The number of esters is 1. The minimum Gasteiger partial charge on any atom is -0.458 e. The Balaban J connectivity index is 0.736. The monoisotopic (exact) mass is 1260 g/mol. The van der Waals surface area contributed by atoms with E-state index in [0.29, 0.717) is 82.3 Å². The zero-order chi connectivity index (χ0) is 65.8. The molecule has 0 spiro atoms. The van der Waals surface area contributed by atoms with Gasteiger partial charge < -0.3 is 62.3 Å². The number of aliphatic hydroxyl groups is 1. The molecule has 5 heterocycles. The molecule has 27 nitrogen and oxygen atoms in total. The van der Waals surface area contributed by atoms with Gasteiger partial charge in [-0.3, -0.25) is 62.4 Å². The summed E-state index contributed by atoms with van der Waals surface area (Å²) in [4.78, 5) is 174. The number of fused-ring (bicyclic) bond motifs is 5. The second kappa shape index (κ2) is 29.4. The predicted octanol–water partition coefficient (Wildman–Crippen LogP) is -0.732. The molecule has 1 unspecified atom stereocenters. The van der Waals surface area contributed by atoms with E-state index in [2.05, 4.69) is 47.9 Å². The van der Waals surface area contributed by atoms with Gasteiger partial charge in [-0.15, -0.1) is 0 Å². The molecule has 5 aromatic rings. The molecular weight excluding hydrogens is 1200 g/mol. The average Bonchev–Trinajstić information content (AvgIpc) is 1.47. The van der Waals surface area contributed by atoms with Gasteiger partial charge in [0.05, 0.1) is 74.3 Å². The number of imide groups is 1. The molecule has 0 fully saturated rings. The van der Waals surface area contributed by atoms with Crippen molar-refractivity contribution in [2.24, 2.45) is 0 Å². The second-order valence-electron chi connectivity index (χ2n) is 22.6. The van der Waals surface area contributed by atoms with Crippen molar-refractivity contribution >= 4 is 81.9 Å². The van der Waals surface area contributed by atoms with Crippen LogP contribution in [0.1, 0.15) is 96.0 Å². The molecular formula is C64H69FN12O15. The van der Waals surface area contributed by atoms with Gasteiger partial charge >= 0.3 is 5.97 Å². The third-order valence-corrected chi connectivity index (χ3v) is 16.4. The van der Waals surface area contributed by atoms with Crippen LogP contribution in [0.25, 0.3) is 22.3 Å². The lowest BCUT2D eigenvalue weighted by Crippen LogP contribution is -2.53. The number of carbonyl (C=O) groups is 12. The van der Waals surface area contributed by atoms with Gasteiger partial charge in [0.1, 0.15) is 24.5 Å². The van der Waals surface area contributed by atoms with E-state index in [4.69, 9.17) is 9.72 Å². The van der Waals surface area contributed by atoms with Gasteiger partial charge in [-0.2, -0.15) is 0 Å². The van der Waals surface area contributed by atoms with Crippen LogP contribution in [0.5, 0.6) is 0 Å². The molecule has 2 aromatic heterocycles. The SMILES string of the molecule is CC[C@@]1(O)C(=O)OCc2c1cc1n(c2=O)Cc2c-1nc1cc(F)c(C)c3c1c2[C@@H](NC(=O)CNC(=O)C(Cc1ccccc1)NC(=O)CNC(=O)CNC(=O)CNC(=O)[C@H](Cc1ccccc1)NC(=O)CNC(=O)CNC(=O)CCCCCN1C(=O)C=CC1=O)CC3. The predicted molar refractivity (Wildman–Crippen MR) is 325 cm³/mol. The Morgan fingerprint density at radius 2 is 1.20 bits per heavy atom. The Labute approximate surface area is 525 Å². The second-order valence-corrected chi connectivity index (χ2v) is 22.6. The van der Waals surface area contributed by atoms with Crippen LogP contribution in [0.2, 0.25) is 0 Å². The Kier molecular flexibility index (Phi) is 21.1. The van der Waals surface area contributed by atoms with Crippen LogP contribution < -0.4 is 53.4 Å². The number of carbonyl (C=O) groups excluding carboxylic acids is 12. The lowest BCUT2D eigenvalue weighted by atomic mass is 9.81. The standard InChI is InChI=1S/C64H69FN12O15/c1-3-64(91)41-25-47-59-39(33-77(47)62(89)40(41)34-92-63(64)90)58-43(19-18-38-35(2)42(65)26-44(75-59)57(38)58)72-54(84)32-71-61(88)46(24-37-15-9-5-10-16-37)74-53(83)31-69-50(80)28-67-51(81)29-70-60(87)45(23-36-13-7-4-8-14-36)73-52(82)30-68-49(79)27-66-48(78)17-11-6-12-22-76-55(85)20-21-56(76)86/h4-5,7-10,13-16,20-21,25-26,43,45-46,91H,3,6,11-12,17-19,22-24,27-34H2,1-2H3,(H,66,78)(H,67,81)(H,68,79)(H,69,80)(H,70,87)(H,71,88)(H,72,84)(H,73,82)(H,74,83)/t43-,45-,46?,64-/m0/s1. The summed E-state index contributed by atoms with van der Waals surface area (Å²) in [5, 5.41) is 34.7. The van der Waals surface area contributed by atoms with Crippen LogP contribution in [0.15, 0.2) is 89.7 Å². The smallest absolute Gasteiger partial charge is 0.343 e. The van der Waals surface area contributed by atoms with Crippen LogP contribution in [-0.2, 0) is 100 Å². The molecule has 28 heteroatoms. The summed E-state index contributed by atoms with van der Waals surface area (Å²) in [5.41, 5.74) is 2.04. The Hall–Kier alpha value is -10.5. The number of unbranched alkanes of at least 4 members (excludes halogenated alkanes) is 2. The number of ether oxygens (including phenoxy) is 1. The Bertz CT molecular complexity index is 3880. The molecule has 92 heavy (non-hydrogen) atoms. The van der Waals surface area contributed by atoms with Crippen molar-refractivity contribution < 1.29 is 71.8 Å². The van der Waals surface area contributed by atoms with Crippen molar-refractivity contribution in [2.45, 2.75) is 109 Å². The highest BCUT2D eigenvalue weighted by molar-refractivity contribution is 6.13. The minimum atomic E-state index is -2.09. The third kappa shape index (κ3) is 15.5. The number of halogens is 1. The van der Waals surface area contributed by atoms with Crippen molar-refractivity contribution in [3.63, 3.8) is 0 Å². The van der Waals surface area contributed by atoms with Crippen molar-refractivity contribution in [3.05, 3.63) is 146 Å². The van der Waals surface area contributed by atoms with Gasteiger partial charge in [0.2, 0.25) is 53.2 Å². The number of nitrogens with one attached hydrogen (secondary N) is 9. The molecule has 10 N–H and O–H groups in total. The molecule has 11 amide bonds. The number of benzene rings is 3. The van der Waals surface area contributed by atoms with Crippen LogP contribution in [0, 0.1) is 12.7 Å². The first-order valence-corrected chi connectivity index (χ1v) is 30.1. The van der Waals surface area contributed by atoms with E-state index in [1.165, 1.54) is 22.8 Å². The number of amides is 11. The van der Waals surface area contributed by atoms with Crippen LogP contribution in [0.3, 0.4) is 0 Å². The molecule has 3 aromatic carbocycles. The van der Waals surface area contributed by atoms with Gasteiger partial charge in [0, 0.05) is 60.5 Å². The molecule has 482 valence electrons. The molecule has 0 saturated carbocycles. The molecule has 0 saturated heterocycles. The van der Waals surface area contributed by atoms with Crippen LogP contribution in [-0.4, -0.2) is 148 Å². The molecule has 4 aliphatic rings. The van der Waals surface area contributed by atoms with Gasteiger partial charge in [-0.1, -0.05) is 74.0 Å². The van der Waals surface area contributed by atoms with E-state index in [1.807, 2.05) is 0 Å². The lowest BCUT2D eigenvalue weighted by Gasteiger charge is -2.31. The number of cyclic esters (lactones) is 1. The summed E-state index contributed by atoms with van der Waals surface area (Å²) in [7, 11) is 0. The van der Waals surface area contributed by atoms with E-state index < -0.39 is 134 Å². The zero-order valence-electron chi connectivity index (χ0n) is 50.4. The van der Waals surface area contributed by atoms with E-state index in [0.717, 1.165) is 4.90 Å². The summed E-state index contributed by atoms with van der Waals surface area (Å²) >= 11 is 0. The number of pyridine rings is 2. The highest BCUT2D eigenvalue weighted by atomic mass is 19.1.